The second-order valence-electron chi connectivity index (χ2n) is 8.17. The molecule has 1 aromatic carbocycles. The first-order valence-electron chi connectivity index (χ1n) is 10.2. The van der Waals surface area contributed by atoms with E-state index in [1.807, 2.05) is 0 Å². The van der Waals surface area contributed by atoms with Crippen LogP contribution in [0.3, 0.4) is 0 Å². The van der Waals surface area contributed by atoms with Gasteiger partial charge in [0.2, 0.25) is 0 Å². The highest BCUT2D eigenvalue weighted by atomic mass is 16.3. The van der Waals surface area contributed by atoms with E-state index in [9.17, 15) is 5.11 Å². The van der Waals surface area contributed by atoms with Gasteiger partial charge in [-0.3, -0.25) is 4.90 Å². The van der Waals surface area contributed by atoms with E-state index in [2.05, 4.69) is 43.0 Å². The standard InChI is InChI=1S/C22H35NO/c1-17-7-6-8-18(2)23(17)16-15-22(24)21-13-11-20(12-14-21)19-9-4-3-5-10-19/h11-14,17-19,22,24H,3-10,15-16H2,1-2H3. The molecule has 1 aliphatic heterocycles. The van der Waals surface area contributed by atoms with Crippen molar-refractivity contribution in [1.82, 2.24) is 4.90 Å². The van der Waals surface area contributed by atoms with Gasteiger partial charge in [0.05, 0.1) is 6.10 Å². The first-order valence-corrected chi connectivity index (χ1v) is 10.2. The Morgan fingerprint density at radius 1 is 0.917 bits per heavy atom. The Labute approximate surface area is 148 Å². The van der Waals surface area contributed by atoms with Crippen molar-refractivity contribution < 1.29 is 5.11 Å². The summed E-state index contributed by atoms with van der Waals surface area (Å²) in [6, 6.07) is 10.2. The van der Waals surface area contributed by atoms with Crippen LogP contribution in [0.4, 0.5) is 0 Å². The monoisotopic (exact) mass is 329 g/mol. The Bertz CT molecular complexity index is 481. The maximum Gasteiger partial charge on any atom is 0.0802 e. The van der Waals surface area contributed by atoms with Crippen LogP contribution in [0.1, 0.15) is 94.8 Å². The topological polar surface area (TPSA) is 23.5 Å². The average Bonchev–Trinajstić information content (AvgIpc) is 2.62. The zero-order chi connectivity index (χ0) is 16.9. The van der Waals surface area contributed by atoms with Gasteiger partial charge in [0.1, 0.15) is 0 Å². The normalized spacial score (nSPS) is 28.0. The molecule has 0 amide bonds. The summed E-state index contributed by atoms with van der Waals surface area (Å²) in [5, 5.41) is 10.6. The summed E-state index contributed by atoms with van der Waals surface area (Å²) in [6.45, 7) is 5.68. The number of piperidine rings is 1. The Morgan fingerprint density at radius 3 is 2.17 bits per heavy atom. The van der Waals surface area contributed by atoms with E-state index < -0.39 is 0 Å². The number of aliphatic hydroxyl groups is 1. The molecule has 3 unspecified atom stereocenters. The predicted molar refractivity (Wildman–Crippen MR) is 101 cm³/mol. The Kier molecular flexibility index (Phi) is 6.35. The minimum absolute atomic E-state index is 0.327. The van der Waals surface area contributed by atoms with Crippen molar-refractivity contribution in [3.05, 3.63) is 35.4 Å². The molecule has 1 saturated heterocycles. The molecule has 1 aromatic rings. The van der Waals surface area contributed by atoms with Crippen molar-refractivity contribution in [2.24, 2.45) is 0 Å². The van der Waals surface area contributed by atoms with E-state index in [0.29, 0.717) is 12.1 Å². The lowest BCUT2D eigenvalue weighted by Crippen LogP contribution is -2.44. The average molecular weight is 330 g/mol. The summed E-state index contributed by atoms with van der Waals surface area (Å²) in [7, 11) is 0. The van der Waals surface area contributed by atoms with Gasteiger partial charge in [-0.2, -0.15) is 0 Å². The van der Waals surface area contributed by atoms with E-state index in [-0.39, 0.29) is 6.10 Å². The van der Waals surface area contributed by atoms with Crippen LogP contribution in [0, 0.1) is 0 Å². The number of hydrogen-bond acceptors (Lipinski definition) is 2. The Balaban J connectivity index is 1.53. The molecule has 1 heterocycles. The van der Waals surface area contributed by atoms with E-state index in [0.717, 1.165) is 24.4 Å². The molecule has 2 nitrogen and oxygen atoms in total. The van der Waals surface area contributed by atoms with Gasteiger partial charge in [-0.1, -0.05) is 49.9 Å². The molecule has 2 heteroatoms. The largest absolute Gasteiger partial charge is 0.388 e. The summed E-state index contributed by atoms with van der Waals surface area (Å²) in [5.74, 6) is 0.750. The number of likely N-dealkylation sites (tertiary alicyclic amines) is 1. The molecule has 0 bridgehead atoms. The molecular formula is C22H35NO. The van der Waals surface area contributed by atoms with Crippen LogP contribution in [0.2, 0.25) is 0 Å². The van der Waals surface area contributed by atoms with Crippen molar-refractivity contribution in [3.8, 4) is 0 Å². The first-order chi connectivity index (χ1) is 11.6. The third-order valence-electron chi connectivity index (χ3n) is 6.43. The number of hydrogen-bond donors (Lipinski definition) is 1. The quantitative estimate of drug-likeness (QED) is 0.779. The molecule has 3 rings (SSSR count). The molecule has 2 fully saturated rings. The van der Waals surface area contributed by atoms with Gasteiger partial charge in [-0.25, -0.2) is 0 Å². The number of benzene rings is 1. The molecule has 134 valence electrons. The molecule has 0 aromatic heterocycles. The number of aliphatic hydroxyl groups excluding tert-OH is 1. The highest BCUT2D eigenvalue weighted by molar-refractivity contribution is 5.27. The van der Waals surface area contributed by atoms with Gasteiger partial charge >= 0.3 is 0 Å². The smallest absolute Gasteiger partial charge is 0.0802 e. The lowest BCUT2D eigenvalue weighted by molar-refractivity contribution is 0.0748. The number of rotatable bonds is 5. The summed E-state index contributed by atoms with van der Waals surface area (Å²) in [4.78, 5) is 2.59. The molecule has 24 heavy (non-hydrogen) atoms. The van der Waals surface area contributed by atoms with Crippen molar-refractivity contribution in [2.75, 3.05) is 6.54 Å². The first kappa shape index (κ1) is 17.9. The van der Waals surface area contributed by atoms with Crippen LogP contribution in [0.15, 0.2) is 24.3 Å². The summed E-state index contributed by atoms with van der Waals surface area (Å²) in [5.41, 5.74) is 2.57. The van der Waals surface area contributed by atoms with Gasteiger partial charge in [-0.05, 0) is 63.0 Å². The molecule has 0 radical (unpaired) electrons. The SMILES string of the molecule is CC1CCCC(C)N1CCC(O)c1ccc(C2CCCCC2)cc1. The lowest BCUT2D eigenvalue weighted by Gasteiger charge is -2.39. The van der Waals surface area contributed by atoms with Crippen molar-refractivity contribution >= 4 is 0 Å². The maximum absolute atomic E-state index is 10.6. The van der Waals surface area contributed by atoms with Gasteiger partial charge in [-0.15, -0.1) is 0 Å². The Hall–Kier alpha value is -0.860. The molecule has 1 aliphatic carbocycles. The van der Waals surface area contributed by atoms with Crippen LogP contribution in [0.25, 0.3) is 0 Å². The molecule has 2 aliphatic rings. The van der Waals surface area contributed by atoms with Crippen LogP contribution in [-0.4, -0.2) is 28.6 Å². The van der Waals surface area contributed by atoms with Gasteiger partial charge < -0.3 is 5.11 Å². The molecule has 0 spiro atoms. The van der Waals surface area contributed by atoms with Crippen LogP contribution < -0.4 is 0 Å². The predicted octanol–water partition coefficient (Wildman–Crippen LogP) is 5.42. The van der Waals surface area contributed by atoms with Gasteiger partial charge in [0, 0.05) is 18.6 Å². The van der Waals surface area contributed by atoms with E-state index in [4.69, 9.17) is 0 Å². The molecule has 3 atom stereocenters. The molecule has 1 saturated carbocycles. The van der Waals surface area contributed by atoms with Gasteiger partial charge in [0.15, 0.2) is 0 Å². The van der Waals surface area contributed by atoms with E-state index in [1.54, 1.807) is 0 Å². The Morgan fingerprint density at radius 2 is 1.54 bits per heavy atom. The van der Waals surface area contributed by atoms with Crippen LogP contribution in [-0.2, 0) is 0 Å². The fraction of sp³-hybridized carbons (Fsp3) is 0.727. The van der Waals surface area contributed by atoms with Crippen LogP contribution in [0.5, 0.6) is 0 Å². The fourth-order valence-electron chi connectivity index (χ4n) is 4.78. The summed E-state index contributed by atoms with van der Waals surface area (Å²) < 4.78 is 0. The van der Waals surface area contributed by atoms with Crippen LogP contribution >= 0.6 is 0 Å². The van der Waals surface area contributed by atoms with E-state index >= 15 is 0 Å². The third-order valence-corrected chi connectivity index (χ3v) is 6.43. The third kappa shape index (κ3) is 4.40. The maximum atomic E-state index is 10.6. The summed E-state index contributed by atoms with van der Waals surface area (Å²) in [6.07, 6.45) is 11.3. The second-order valence-corrected chi connectivity index (χ2v) is 8.17. The summed E-state index contributed by atoms with van der Waals surface area (Å²) >= 11 is 0. The minimum Gasteiger partial charge on any atom is -0.388 e. The minimum atomic E-state index is -0.327. The molecular weight excluding hydrogens is 294 g/mol. The highest BCUT2D eigenvalue weighted by Crippen LogP contribution is 2.33. The second kappa shape index (κ2) is 8.49. The fourth-order valence-corrected chi connectivity index (χ4v) is 4.78. The van der Waals surface area contributed by atoms with Gasteiger partial charge in [0.25, 0.3) is 0 Å². The van der Waals surface area contributed by atoms with Crippen molar-refractivity contribution in [3.63, 3.8) is 0 Å². The highest BCUT2D eigenvalue weighted by Gasteiger charge is 2.25. The number of nitrogens with zero attached hydrogens (tertiary/aromatic N) is 1. The lowest BCUT2D eigenvalue weighted by atomic mass is 9.84. The zero-order valence-corrected chi connectivity index (χ0v) is 15.6. The zero-order valence-electron chi connectivity index (χ0n) is 15.6. The van der Waals surface area contributed by atoms with E-state index in [1.165, 1.54) is 56.9 Å². The molecule has 1 N–H and O–H groups in total. The van der Waals surface area contributed by atoms with Crippen molar-refractivity contribution in [2.45, 2.75) is 95.7 Å². The van der Waals surface area contributed by atoms with Crippen molar-refractivity contribution in [1.29, 1.82) is 0 Å².